The quantitative estimate of drug-likeness (QED) is 0.402. The van der Waals surface area contributed by atoms with Crippen LogP contribution in [-0.4, -0.2) is 51.0 Å². The van der Waals surface area contributed by atoms with Crippen LogP contribution in [0.15, 0.2) is 0 Å². The standard InChI is InChI=1S/C8H15NO5/c1-3-5(10)9(4-2)6(7(11)12)8(13)14/h5-6,10H,3-4H2,1-2H3,(H,11,12)(H,13,14). The summed E-state index contributed by atoms with van der Waals surface area (Å²) >= 11 is 0. The van der Waals surface area contributed by atoms with Crippen molar-refractivity contribution in [3.8, 4) is 0 Å². The molecule has 3 N–H and O–H groups in total. The first-order chi connectivity index (χ1) is 6.45. The van der Waals surface area contributed by atoms with E-state index < -0.39 is 24.2 Å². The highest BCUT2D eigenvalue weighted by Crippen LogP contribution is 2.07. The third kappa shape index (κ3) is 2.97. The van der Waals surface area contributed by atoms with Gasteiger partial charge in [-0.15, -0.1) is 0 Å². The second-order valence-corrected chi connectivity index (χ2v) is 2.80. The lowest BCUT2D eigenvalue weighted by Crippen LogP contribution is -2.51. The highest BCUT2D eigenvalue weighted by atomic mass is 16.4. The van der Waals surface area contributed by atoms with E-state index in [1.165, 1.54) is 0 Å². The second kappa shape index (κ2) is 5.56. The summed E-state index contributed by atoms with van der Waals surface area (Å²) in [5.41, 5.74) is 0. The summed E-state index contributed by atoms with van der Waals surface area (Å²) in [6, 6.07) is -1.69. The number of aliphatic hydroxyl groups excluding tert-OH is 1. The van der Waals surface area contributed by atoms with Crippen LogP contribution in [0.5, 0.6) is 0 Å². The number of hydrogen-bond donors (Lipinski definition) is 3. The number of hydrogen-bond acceptors (Lipinski definition) is 4. The smallest absolute Gasteiger partial charge is 0.332 e. The van der Waals surface area contributed by atoms with E-state index in [-0.39, 0.29) is 13.0 Å². The Labute approximate surface area is 81.8 Å². The molecule has 82 valence electrons. The Hall–Kier alpha value is -1.14. The first kappa shape index (κ1) is 12.9. The van der Waals surface area contributed by atoms with E-state index in [9.17, 15) is 14.7 Å². The van der Waals surface area contributed by atoms with Crippen molar-refractivity contribution < 1.29 is 24.9 Å². The Bertz CT molecular complexity index is 204. The second-order valence-electron chi connectivity index (χ2n) is 2.80. The number of carboxylic acids is 2. The molecule has 0 saturated heterocycles. The van der Waals surface area contributed by atoms with Crippen LogP contribution in [0.1, 0.15) is 20.3 Å². The van der Waals surface area contributed by atoms with Crippen LogP contribution in [0.2, 0.25) is 0 Å². The van der Waals surface area contributed by atoms with Crippen LogP contribution in [0.4, 0.5) is 0 Å². The van der Waals surface area contributed by atoms with Crippen molar-refractivity contribution in [1.82, 2.24) is 4.90 Å². The van der Waals surface area contributed by atoms with Gasteiger partial charge in [0.15, 0.2) is 0 Å². The molecule has 0 bridgehead atoms. The molecule has 0 aromatic carbocycles. The molecule has 0 fully saturated rings. The number of likely N-dealkylation sites (N-methyl/N-ethyl adjacent to an activating group) is 1. The predicted molar refractivity (Wildman–Crippen MR) is 47.7 cm³/mol. The third-order valence-electron chi connectivity index (χ3n) is 1.91. The molecule has 0 rings (SSSR count). The number of carboxylic acid groups (broad SMARTS) is 2. The molecule has 6 nitrogen and oxygen atoms in total. The number of aliphatic carboxylic acids is 2. The van der Waals surface area contributed by atoms with E-state index in [0.29, 0.717) is 0 Å². The van der Waals surface area contributed by atoms with Gasteiger partial charge in [-0.2, -0.15) is 0 Å². The average molecular weight is 205 g/mol. The van der Waals surface area contributed by atoms with Gasteiger partial charge < -0.3 is 15.3 Å². The molecule has 0 aliphatic heterocycles. The summed E-state index contributed by atoms with van der Waals surface area (Å²) in [6.45, 7) is 3.41. The molecular formula is C8H15NO5. The molecule has 0 aromatic heterocycles. The Morgan fingerprint density at radius 1 is 1.21 bits per heavy atom. The predicted octanol–water partition coefficient (Wildman–Crippen LogP) is -0.425. The first-order valence-electron chi connectivity index (χ1n) is 4.35. The van der Waals surface area contributed by atoms with Crippen LogP contribution in [0, 0.1) is 0 Å². The summed E-state index contributed by atoms with van der Waals surface area (Å²) in [6.07, 6.45) is -0.762. The van der Waals surface area contributed by atoms with Gasteiger partial charge in [0.1, 0.15) is 6.23 Å². The molecule has 0 spiro atoms. The molecule has 0 saturated carbocycles. The number of aliphatic hydroxyl groups is 1. The van der Waals surface area contributed by atoms with Gasteiger partial charge in [0.2, 0.25) is 6.04 Å². The minimum absolute atomic E-state index is 0.165. The zero-order chi connectivity index (χ0) is 11.3. The van der Waals surface area contributed by atoms with Crippen molar-refractivity contribution in [3.05, 3.63) is 0 Å². The van der Waals surface area contributed by atoms with Crippen LogP contribution >= 0.6 is 0 Å². The zero-order valence-corrected chi connectivity index (χ0v) is 8.17. The van der Waals surface area contributed by atoms with Gasteiger partial charge in [-0.1, -0.05) is 13.8 Å². The SMILES string of the molecule is CCC(O)N(CC)C(C(=O)O)C(=O)O. The molecule has 0 radical (unpaired) electrons. The van der Waals surface area contributed by atoms with E-state index in [0.717, 1.165) is 4.90 Å². The van der Waals surface area contributed by atoms with Crippen molar-refractivity contribution in [3.63, 3.8) is 0 Å². The molecule has 0 amide bonds. The molecule has 14 heavy (non-hydrogen) atoms. The highest BCUT2D eigenvalue weighted by Gasteiger charge is 2.34. The minimum atomic E-state index is -1.69. The Morgan fingerprint density at radius 3 is 1.86 bits per heavy atom. The minimum Gasteiger partial charge on any atom is -0.480 e. The molecule has 0 heterocycles. The van der Waals surface area contributed by atoms with Crippen molar-refractivity contribution in [2.24, 2.45) is 0 Å². The molecule has 1 atom stereocenters. The van der Waals surface area contributed by atoms with E-state index in [2.05, 4.69) is 0 Å². The number of rotatable bonds is 6. The van der Waals surface area contributed by atoms with Gasteiger partial charge in [0, 0.05) is 0 Å². The molecule has 0 aliphatic rings. The Balaban J connectivity index is 4.76. The van der Waals surface area contributed by atoms with Crippen molar-refractivity contribution >= 4 is 11.9 Å². The van der Waals surface area contributed by atoms with Crippen molar-refractivity contribution in [2.45, 2.75) is 32.5 Å². The fraction of sp³-hybridized carbons (Fsp3) is 0.750. The maximum absolute atomic E-state index is 10.6. The summed E-state index contributed by atoms with van der Waals surface area (Å²) in [5.74, 6) is -2.93. The Kier molecular flexibility index (Phi) is 5.11. The van der Waals surface area contributed by atoms with Gasteiger partial charge in [-0.25, -0.2) is 9.59 Å². The van der Waals surface area contributed by atoms with E-state index >= 15 is 0 Å². The average Bonchev–Trinajstić information content (AvgIpc) is 2.11. The van der Waals surface area contributed by atoms with E-state index in [1.807, 2.05) is 0 Å². The third-order valence-corrected chi connectivity index (χ3v) is 1.91. The van der Waals surface area contributed by atoms with E-state index in [4.69, 9.17) is 10.2 Å². The van der Waals surface area contributed by atoms with Gasteiger partial charge in [0.25, 0.3) is 0 Å². The van der Waals surface area contributed by atoms with Gasteiger partial charge in [0.05, 0.1) is 0 Å². The largest absolute Gasteiger partial charge is 0.480 e. The van der Waals surface area contributed by atoms with Gasteiger partial charge in [-0.05, 0) is 13.0 Å². The molecule has 0 aromatic rings. The van der Waals surface area contributed by atoms with Crippen molar-refractivity contribution in [1.29, 1.82) is 0 Å². The Morgan fingerprint density at radius 2 is 1.64 bits per heavy atom. The summed E-state index contributed by atoms with van der Waals surface area (Å²) in [7, 11) is 0. The van der Waals surface area contributed by atoms with Gasteiger partial charge >= 0.3 is 11.9 Å². The highest BCUT2D eigenvalue weighted by molar-refractivity contribution is 5.97. The van der Waals surface area contributed by atoms with Crippen molar-refractivity contribution in [2.75, 3.05) is 6.54 Å². The van der Waals surface area contributed by atoms with Crippen LogP contribution in [0.3, 0.4) is 0 Å². The maximum atomic E-state index is 10.6. The lowest BCUT2D eigenvalue weighted by Gasteiger charge is -2.28. The molecule has 0 aliphatic carbocycles. The van der Waals surface area contributed by atoms with Gasteiger partial charge in [-0.3, -0.25) is 4.90 Å². The van der Waals surface area contributed by atoms with E-state index in [1.54, 1.807) is 13.8 Å². The van der Waals surface area contributed by atoms with Crippen LogP contribution in [-0.2, 0) is 9.59 Å². The molecule has 1 unspecified atom stereocenters. The molecule has 6 heteroatoms. The first-order valence-corrected chi connectivity index (χ1v) is 4.35. The summed E-state index contributed by atoms with van der Waals surface area (Å²) < 4.78 is 0. The normalized spacial score (nSPS) is 13.2. The summed E-state index contributed by atoms with van der Waals surface area (Å²) in [4.78, 5) is 22.3. The molecular weight excluding hydrogens is 190 g/mol. The summed E-state index contributed by atoms with van der Waals surface area (Å²) in [5, 5.41) is 26.7. The number of carbonyl (C=O) groups is 2. The fourth-order valence-electron chi connectivity index (χ4n) is 1.19. The topological polar surface area (TPSA) is 98.1 Å². The zero-order valence-electron chi connectivity index (χ0n) is 8.17. The lowest BCUT2D eigenvalue weighted by molar-refractivity contribution is -0.163. The lowest BCUT2D eigenvalue weighted by atomic mass is 10.2. The fourth-order valence-corrected chi connectivity index (χ4v) is 1.19. The number of nitrogens with zero attached hydrogens (tertiary/aromatic N) is 1. The van der Waals surface area contributed by atoms with Crippen LogP contribution < -0.4 is 0 Å². The van der Waals surface area contributed by atoms with Crippen LogP contribution in [0.25, 0.3) is 0 Å². The monoisotopic (exact) mass is 205 g/mol. The maximum Gasteiger partial charge on any atom is 0.332 e.